The summed E-state index contributed by atoms with van der Waals surface area (Å²) in [5.41, 5.74) is 2.04. The fourth-order valence-corrected chi connectivity index (χ4v) is 4.43. The highest BCUT2D eigenvalue weighted by atomic mass is 32.1. The lowest BCUT2D eigenvalue weighted by molar-refractivity contribution is -0.114. The first kappa shape index (κ1) is 17.8. The van der Waals surface area contributed by atoms with Crippen LogP contribution in [0.4, 0.5) is 5.13 Å². The lowest BCUT2D eigenvalue weighted by Gasteiger charge is -2.18. The number of aryl methyl sites for hydroxylation is 2. The summed E-state index contributed by atoms with van der Waals surface area (Å²) in [4.78, 5) is 20.5. The highest BCUT2D eigenvalue weighted by Gasteiger charge is 2.21. The van der Waals surface area contributed by atoms with E-state index in [1.807, 2.05) is 18.2 Å². The standard InChI is InChI=1S/C21H22N2O3S/c1-2-11-23(21-22-16-5-3-4-6-19(16)27-21)20(24)10-8-15-7-9-17-18(14-15)26-13-12-25-17/h2,7-10,14H,1,3-6,11-13H2/b10-8+. The van der Waals surface area contributed by atoms with Crippen LogP contribution in [0, 0.1) is 0 Å². The van der Waals surface area contributed by atoms with Gasteiger partial charge in [-0.25, -0.2) is 4.98 Å². The Hall–Kier alpha value is -2.60. The van der Waals surface area contributed by atoms with Crippen LogP contribution in [0.5, 0.6) is 11.5 Å². The second-order valence-electron chi connectivity index (χ2n) is 6.55. The number of rotatable bonds is 5. The molecule has 0 N–H and O–H groups in total. The summed E-state index contributed by atoms with van der Waals surface area (Å²) < 4.78 is 11.1. The van der Waals surface area contributed by atoms with Crippen LogP contribution in [0.25, 0.3) is 6.08 Å². The fraction of sp³-hybridized carbons (Fsp3) is 0.333. The predicted molar refractivity (Wildman–Crippen MR) is 108 cm³/mol. The molecule has 2 aromatic rings. The van der Waals surface area contributed by atoms with Crippen molar-refractivity contribution in [1.82, 2.24) is 4.98 Å². The van der Waals surface area contributed by atoms with E-state index in [-0.39, 0.29) is 5.91 Å². The molecule has 1 amide bonds. The third kappa shape index (κ3) is 3.90. The lowest BCUT2D eigenvalue weighted by Crippen LogP contribution is -2.29. The van der Waals surface area contributed by atoms with Crippen LogP contribution in [0.2, 0.25) is 0 Å². The molecule has 5 nitrogen and oxygen atoms in total. The molecule has 0 bridgehead atoms. The maximum absolute atomic E-state index is 12.8. The predicted octanol–water partition coefficient (Wildman–Crippen LogP) is 4.03. The summed E-state index contributed by atoms with van der Waals surface area (Å²) in [6.45, 7) is 5.33. The Morgan fingerprint density at radius 1 is 1.22 bits per heavy atom. The molecule has 1 aliphatic heterocycles. The Morgan fingerprint density at radius 3 is 2.85 bits per heavy atom. The van der Waals surface area contributed by atoms with Crippen molar-refractivity contribution in [2.75, 3.05) is 24.7 Å². The molecular weight excluding hydrogens is 360 g/mol. The van der Waals surface area contributed by atoms with Gasteiger partial charge in [0.1, 0.15) is 13.2 Å². The number of amides is 1. The van der Waals surface area contributed by atoms with Gasteiger partial charge >= 0.3 is 0 Å². The van der Waals surface area contributed by atoms with Gasteiger partial charge in [0.25, 0.3) is 5.91 Å². The molecule has 2 aliphatic rings. The number of carbonyl (C=O) groups excluding carboxylic acids is 1. The first-order valence-corrected chi connectivity index (χ1v) is 10.0. The highest BCUT2D eigenvalue weighted by molar-refractivity contribution is 7.16. The Balaban J connectivity index is 1.53. The van der Waals surface area contributed by atoms with Gasteiger partial charge in [-0.15, -0.1) is 17.9 Å². The lowest BCUT2D eigenvalue weighted by atomic mass is 10.0. The molecule has 0 unspecified atom stereocenters. The molecule has 1 aliphatic carbocycles. The minimum atomic E-state index is -0.101. The molecule has 140 valence electrons. The van der Waals surface area contributed by atoms with Crippen LogP contribution >= 0.6 is 11.3 Å². The van der Waals surface area contributed by atoms with E-state index in [1.54, 1.807) is 34.5 Å². The first-order chi connectivity index (χ1) is 13.2. The molecule has 2 heterocycles. The number of benzene rings is 1. The van der Waals surface area contributed by atoms with Gasteiger partial charge in [0, 0.05) is 17.5 Å². The van der Waals surface area contributed by atoms with Crippen LogP contribution in [0.3, 0.4) is 0 Å². The Kier molecular flexibility index (Phi) is 5.25. The molecular formula is C21H22N2O3S. The molecule has 0 saturated carbocycles. The molecule has 1 aromatic heterocycles. The Bertz CT molecular complexity index is 864. The normalized spacial score (nSPS) is 15.4. The zero-order valence-corrected chi connectivity index (χ0v) is 16.0. The van der Waals surface area contributed by atoms with Crippen LogP contribution in [-0.2, 0) is 17.6 Å². The van der Waals surface area contributed by atoms with E-state index in [4.69, 9.17) is 14.5 Å². The van der Waals surface area contributed by atoms with Gasteiger partial charge in [-0.2, -0.15) is 0 Å². The number of carbonyl (C=O) groups is 1. The highest BCUT2D eigenvalue weighted by Crippen LogP contribution is 2.33. The summed E-state index contributed by atoms with van der Waals surface area (Å²) in [5.74, 6) is 1.36. The Morgan fingerprint density at radius 2 is 2.04 bits per heavy atom. The number of aromatic nitrogens is 1. The maximum Gasteiger partial charge on any atom is 0.253 e. The van der Waals surface area contributed by atoms with Gasteiger partial charge in [0.05, 0.1) is 5.69 Å². The van der Waals surface area contributed by atoms with Crippen LogP contribution < -0.4 is 14.4 Å². The van der Waals surface area contributed by atoms with Crippen LogP contribution in [0.1, 0.15) is 29.0 Å². The molecule has 4 rings (SSSR count). The summed E-state index contributed by atoms with van der Waals surface area (Å²) in [6, 6.07) is 5.67. The SMILES string of the molecule is C=CCN(C(=O)/C=C/c1ccc2c(c1)OCCO2)c1nc2c(s1)CCCC2. The van der Waals surface area contributed by atoms with Crippen molar-refractivity contribution < 1.29 is 14.3 Å². The van der Waals surface area contributed by atoms with E-state index < -0.39 is 0 Å². The molecule has 0 atom stereocenters. The molecule has 0 spiro atoms. The van der Waals surface area contributed by atoms with E-state index in [2.05, 4.69) is 6.58 Å². The third-order valence-corrected chi connectivity index (χ3v) is 5.81. The average Bonchev–Trinajstić information content (AvgIpc) is 3.14. The average molecular weight is 382 g/mol. The van der Waals surface area contributed by atoms with E-state index in [0.29, 0.717) is 25.5 Å². The molecule has 0 fully saturated rings. The van der Waals surface area contributed by atoms with Crippen molar-refractivity contribution in [2.24, 2.45) is 0 Å². The van der Waals surface area contributed by atoms with Crippen molar-refractivity contribution in [2.45, 2.75) is 25.7 Å². The van der Waals surface area contributed by atoms with Gasteiger partial charge in [0.2, 0.25) is 0 Å². The van der Waals surface area contributed by atoms with Crippen molar-refractivity contribution in [1.29, 1.82) is 0 Å². The molecule has 6 heteroatoms. The minimum absolute atomic E-state index is 0.101. The molecule has 0 saturated heterocycles. The smallest absolute Gasteiger partial charge is 0.253 e. The van der Waals surface area contributed by atoms with Crippen molar-refractivity contribution in [3.05, 3.63) is 53.1 Å². The topological polar surface area (TPSA) is 51.7 Å². The van der Waals surface area contributed by atoms with E-state index >= 15 is 0 Å². The van der Waals surface area contributed by atoms with Crippen molar-refractivity contribution in [3.63, 3.8) is 0 Å². The van der Waals surface area contributed by atoms with Gasteiger partial charge in [-0.1, -0.05) is 12.1 Å². The van der Waals surface area contributed by atoms with Crippen molar-refractivity contribution in [3.8, 4) is 11.5 Å². The number of hydrogen-bond donors (Lipinski definition) is 0. The minimum Gasteiger partial charge on any atom is -0.486 e. The maximum atomic E-state index is 12.8. The molecule has 1 aromatic carbocycles. The molecule has 27 heavy (non-hydrogen) atoms. The quantitative estimate of drug-likeness (QED) is 0.579. The third-order valence-electron chi connectivity index (χ3n) is 4.63. The largest absolute Gasteiger partial charge is 0.486 e. The number of ether oxygens (including phenoxy) is 2. The van der Waals surface area contributed by atoms with Gasteiger partial charge in [-0.3, -0.25) is 9.69 Å². The van der Waals surface area contributed by atoms with E-state index in [0.717, 1.165) is 35.0 Å². The van der Waals surface area contributed by atoms with Gasteiger partial charge in [-0.05, 0) is 49.5 Å². The number of hydrogen-bond acceptors (Lipinski definition) is 5. The van der Waals surface area contributed by atoms with E-state index in [1.165, 1.54) is 17.7 Å². The van der Waals surface area contributed by atoms with E-state index in [9.17, 15) is 4.79 Å². The summed E-state index contributed by atoms with van der Waals surface area (Å²) >= 11 is 1.63. The van der Waals surface area contributed by atoms with Crippen molar-refractivity contribution >= 4 is 28.5 Å². The zero-order chi connectivity index (χ0) is 18.6. The summed E-state index contributed by atoms with van der Waals surface area (Å²) in [7, 11) is 0. The Labute approximate surface area is 162 Å². The number of thiazole rings is 1. The second-order valence-corrected chi connectivity index (χ2v) is 7.61. The zero-order valence-electron chi connectivity index (χ0n) is 15.1. The summed E-state index contributed by atoms with van der Waals surface area (Å²) in [6.07, 6.45) is 9.56. The first-order valence-electron chi connectivity index (χ1n) is 9.23. The van der Waals surface area contributed by atoms with Crippen LogP contribution in [-0.4, -0.2) is 30.6 Å². The second kappa shape index (κ2) is 7.96. The summed E-state index contributed by atoms with van der Waals surface area (Å²) in [5, 5.41) is 0.763. The molecule has 0 radical (unpaired) electrons. The monoisotopic (exact) mass is 382 g/mol. The number of nitrogens with zero attached hydrogens (tertiary/aromatic N) is 2. The van der Waals surface area contributed by atoms with Gasteiger partial charge in [0.15, 0.2) is 16.6 Å². The van der Waals surface area contributed by atoms with Crippen LogP contribution in [0.15, 0.2) is 36.9 Å². The van der Waals surface area contributed by atoms with Gasteiger partial charge < -0.3 is 9.47 Å². The number of anilines is 1. The number of fused-ring (bicyclic) bond motifs is 2. The fourth-order valence-electron chi connectivity index (χ4n) is 3.27.